The first-order chi connectivity index (χ1) is 12.7. The van der Waals surface area contributed by atoms with Crippen molar-refractivity contribution in [3.05, 3.63) is 12.4 Å². The second-order valence-corrected chi connectivity index (χ2v) is 7.69. The Morgan fingerprint density at radius 3 is 1.76 bits per heavy atom. The molecule has 0 aromatic heterocycles. The number of carbonyl (C=O) groups excluding carboxylic acids is 2. The summed E-state index contributed by atoms with van der Waals surface area (Å²) in [6.45, 7) is 4.40. The van der Waals surface area contributed by atoms with E-state index in [0.29, 0.717) is 4.90 Å². The molecule has 0 spiro atoms. The van der Waals surface area contributed by atoms with E-state index in [4.69, 9.17) is 0 Å². The van der Waals surface area contributed by atoms with Gasteiger partial charge in [-0.05, 0) is 27.7 Å². The topological polar surface area (TPSA) is 113 Å². The zero-order chi connectivity index (χ0) is 23.6. The normalized spacial score (nSPS) is 15.2. The Hall–Kier alpha value is -1.87. The lowest BCUT2D eigenvalue weighted by atomic mass is 10.1. The lowest BCUT2D eigenvalue weighted by Gasteiger charge is -2.40. The summed E-state index contributed by atoms with van der Waals surface area (Å²) in [5, 5.41) is -5.44. The standard InChI is InChI=1S/C14H19F6NO7S/c1-7(2)21(8(3)4)11(23)13(14(18,19)20,28-10(22)9(5)15)27-6-12(16,17)29(24,25)26/h7-8H,5-6H2,1-4H3,(H,24,25,26)/p-1. The van der Waals surface area contributed by atoms with Crippen molar-refractivity contribution < 1.29 is 58.4 Å². The zero-order valence-electron chi connectivity index (χ0n) is 15.5. The first-order valence-electron chi connectivity index (χ1n) is 7.65. The predicted octanol–water partition coefficient (Wildman–Crippen LogP) is 2.07. The van der Waals surface area contributed by atoms with E-state index in [-0.39, 0.29) is 0 Å². The first-order valence-corrected chi connectivity index (χ1v) is 9.06. The molecule has 170 valence electrons. The van der Waals surface area contributed by atoms with E-state index in [0.717, 1.165) is 0 Å². The number of hydrogen-bond donors (Lipinski definition) is 0. The van der Waals surface area contributed by atoms with Crippen LogP contribution in [0.25, 0.3) is 0 Å². The first kappa shape index (κ1) is 27.1. The summed E-state index contributed by atoms with van der Waals surface area (Å²) in [6.07, 6.45) is -6.10. The van der Waals surface area contributed by atoms with Crippen LogP contribution in [0.5, 0.6) is 0 Å². The summed E-state index contributed by atoms with van der Waals surface area (Å²) in [6, 6.07) is -2.08. The SMILES string of the molecule is C=C(F)C(=O)OC(OCC(F)(F)S(=O)(=O)[O-])(C(=O)N(C(C)C)C(C)C)C(F)(F)F. The maximum Gasteiger partial charge on any atom is 0.466 e. The highest BCUT2D eigenvalue weighted by atomic mass is 32.2. The van der Waals surface area contributed by atoms with Crippen LogP contribution in [0, 0.1) is 0 Å². The van der Waals surface area contributed by atoms with Crippen LogP contribution in [-0.4, -0.2) is 65.7 Å². The van der Waals surface area contributed by atoms with E-state index in [1.54, 1.807) is 0 Å². The Labute approximate surface area is 162 Å². The molecule has 0 rings (SSSR count). The summed E-state index contributed by atoms with van der Waals surface area (Å²) in [4.78, 5) is 24.4. The quantitative estimate of drug-likeness (QED) is 0.171. The molecule has 0 aliphatic heterocycles. The van der Waals surface area contributed by atoms with Crippen LogP contribution >= 0.6 is 0 Å². The van der Waals surface area contributed by atoms with Gasteiger partial charge in [0.15, 0.2) is 10.1 Å². The minimum absolute atomic E-state index is 0.408. The summed E-state index contributed by atoms with van der Waals surface area (Å²) >= 11 is 0. The molecule has 0 bridgehead atoms. The van der Waals surface area contributed by atoms with Gasteiger partial charge in [-0.1, -0.05) is 6.58 Å². The highest BCUT2D eigenvalue weighted by molar-refractivity contribution is 7.86. The fraction of sp³-hybridized carbons (Fsp3) is 0.714. The maximum atomic E-state index is 13.7. The molecule has 29 heavy (non-hydrogen) atoms. The molecule has 0 saturated heterocycles. The summed E-state index contributed by atoms with van der Waals surface area (Å²) in [7, 11) is -6.53. The number of nitrogens with zero attached hydrogens (tertiary/aromatic N) is 1. The number of alkyl halides is 5. The van der Waals surface area contributed by atoms with Gasteiger partial charge in [0.05, 0.1) is 0 Å². The molecule has 0 aliphatic carbocycles. The Bertz CT molecular complexity index is 742. The van der Waals surface area contributed by atoms with Crippen LogP contribution < -0.4 is 0 Å². The third-order valence-electron chi connectivity index (χ3n) is 3.27. The minimum Gasteiger partial charge on any atom is -0.743 e. The number of amides is 1. The molecule has 0 radical (unpaired) electrons. The molecule has 15 heteroatoms. The second kappa shape index (κ2) is 8.87. The van der Waals surface area contributed by atoms with Crippen molar-refractivity contribution in [1.82, 2.24) is 4.90 Å². The molecule has 0 aromatic carbocycles. The summed E-state index contributed by atoms with van der Waals surface area (Å²) in [5.41, 5.74) is 0. The average Bonchev–Trinajstić information content (AvgIpc) is 2.47. The van der Waals surface area contributed by atoms with Crippen molar-refractivity contribution in [3.8, 4) is 0 Å². The van der Waals surface area contributed by atoms with Crippen molar-refractivity contribution in [1.29, 1.82) is 0 Å². The van der Waals surface area contributed by atoms with Crippen LogP contribution in [0.4, 0.5) is 26.3 Å². The number of hydrogen-bond acceptors (Lipinski definition) is 7. The lowest BCUT2D eigenvalue weighted by Crippen LogP contribution is -2.65. The molecule has 0 aromatic rings. The highest BCUT2D eigenvalue weighted by Crippen LogP contribution is 2.40. The van der Waals surface area contributed by atoms with Gasteiger partial charge in [-0.2, -0.15) is 26.3 Å². The highest BCUT2D eigenvalue weighted by Gasteiger charge is 2.69. The molecular formula is C14H18F6NO7S-. The molecular weight excluding hydrogens is 440 g/mol. The second-order valence-electron chi connectivity index (χ2n) is 6.19. The van der Waals surface area contributed by atoms with Crippen LogP contribution in [0.15, 0.2) is 12.4 Å². The fourth-order valence-electron chi connectivity index (χ4n) is 2.07. The molecule has 1 atom stereocenters. The smallest absolute Gasteiger partial charge is 0.466 e. The van der Waals surface area contributed by atoms with Crippen molar-refractivity contribution in [2.24, 2.45) is 0 Å². The molecule has 1 unspecified atom stereocenters. The van der Waals surface area contributed by atoms with Crippen LogP contribution in [-0.2, 0) is 29.2 Å². The Balaban J connectivity index is 6.61. The van der Waals surface area contributed by atoms with Crippen molar-refractivity contribution in [2.45, 2.75) is 57.0 Å². The number of halogens is 6. The van der Waals surface area contributed by atoms with Gasteiger partial charge in [-0.15, -0.1) is 0 Å². The van der Waals surface area contributed by atoms with Crippen LogP contribution in [0.1, 0.15) is 27.7 Å². The van der Waals surface area contributed by atoms with Gasteiger partial charge in [0.2, 0.25) is 5.83 Å². The Morgan fingerprint density at radius 2 is 1.48 bits per heavy atom. The van der Waals surface area contributed by atoms with Gasteiger partial charge in [-0.3, -0.25) is 4.79 Å². The zero-order valence-corrected chi connectivity index (χ0v) is 16.4. The van der Waals surface area contributed by atoms with Gasteiger partial charge < -0.3 is 18.9 Å². The summed E-state index contributed by atoms with van der Waals surface area (Å²) < 4.78 is 120. The summed E-state index contributed by atoms with van der Waals surface area (Å²) in [5.74, 6) is -11.8. The Kier molecular flexibility index (Phi) is 8.30. The van der Waals surface area contributed by atoms with Gasteiger partial charge >= 0.3 is 29.1 Å². The predicted molar refractivity (Wildman–Crippen MR) is 82.8 cm³/mol. The van der Waals surface area contributed by atoms with Gasteiger partial charge in [-0.25, -0.2) is 13.2 Å². The van der Waals surface area contributed by atoms with E-state index >= 15 is 0 Å². The van der Waals surface area contributed by atoms with Gasteiger partial charge in [0.25, 0.3) is 0 Å². The van der Waals surface area contributed by atoms with Gasteiger partial charge in [0.1, 0.15) is 6.61 Å². The van der Waals surface area contributed by atoms with E-state index in [1.165, 1.54) is 27.7 Å². The molecule has 0 fully saturated rings. The van der Waals surface area contributed by atoms with E-state index in [1.807, 2.05) is 0 Å². The molecule has 0 saturated carbocycles. The van der Waals surface area contributed by atoms with Crippen molar-refractivity contribution in [2.75, 3.05) is 6.61 Å². The number of ether oxygens (including phenoxy) is 2. The fourth-order valence-corrected chi connectivity index (χ4v) is 2.28. The lowest BCUT2D eigenvalue weighted by molar-refractivity contribution is -0.357. The molecule has 1 amide bonds. The third-order valence-corrected chi connectivity index (χ3v) is 4.12. The van der Waals surface area contributed by atoms with E-state index < -0.39 is 63.7 Å². The molecule has 0 aliphatic rings. The van der Waals surface area contributed by atoms with E-state index in [2.05, 4.69) is 16.1 Å². The molecule has 8 nitrogen and oxygen atoms in total. The van der Waals surface area contributed by atoms with Gasteiger partial charge in [0, 0.05) is 12.1 Å². The van der Waals surface area contributed by atoms with Crippen LogP contribution in [0.2, 0.25) is 0 Å². The Morgan fingerprint density at radius 1 is 1.07 bits per heavy atom. The average molecular weight is 458 g/mol. The largest absolute Gasteiger partial charge is 0.743 e. The van der Waals surface area contributed by atoms with Crippen molar-refractivity contribution >= 4 is 22.0 Å². The van der Waals surface area contributed by atoms with E-state index in [9.17, 15) is 48.9 Å². The minimum atomic E-state index is -6.53. The number of esters is 1. The monoisotopic (exact) mass is 458 g/mol. The van der Waals surface area contributed by atoms with Crippen LogP contribution in [0.3, 0.4) is 0 Å². The third kappa shape index (κ3) is 6.05. The maximum absolute atomic E-state index is 13.7. The molecule has 0 heterocycles. The number of carbonyl (C=O) groups is 2. The van der Waals surface area contributed by atoms with Crippen molar-refractivity contribution in [3.63, 3.8) is 0 Å². The molecule has 0 N–H and O–H groups in total. The number of rotatable bonds is 9.